The molecule has 1 rings (SSSR count). The molecule has 0 bridgehead atoms. The first-order valence-electron chi connectivity index (χ1n) is 9.14. The van der Waals surface area contributed by atoms with Crippen molar-refractivity contribution in [1.82, 2.24) is 0 Å². The van der Waals surface area contributed by atoms with Crippen LogP contribution in [-0.4, -0.2) is 5.11 Å². The van der Waals surface area contributed by atoms with Crippen molar-refractivity contribution in [2.75, 3.05) is 0 Å². The average molecular weight is 303 g/mol. The lowest BCUT2D eigenvalue weighted by atomic mass is 9.88. The molecule has 0 radical (unpaired) electrons. The Balaban J connectivity index is 2.64. The topological polar surface area (TPSA) is 20.2 Å². The molecular formula is C21H34O. The smallest absolute Gasteiger partial charge is 0.118 e. The Bertz CT molecular complexity index is 433. The third-order valence-electron chi connectivity index (χ3n) is 4.43. The Hall–Kier alpha value is -1.24. The zero-order valence-electron chi connectivity index (χ0n) is 14.8. The van der Waals surface area contributed by atoms with E-state index in [0.717, 1.165) is 12.0 Å². The van der Waals surface area contributed by atoms with Crippen LogP contribution in [0, 0.1) is 5.92 Å². The number of hydrogen-bond acceptors (Lipinski definition) is 1. The molecule has 1 atom stereocenters. The summed E-state index contributed by atoms with van der Waals surface area (Å²) in [6.07, 6.45) is 13.6. The fourth-order valence-electron chi connectivity index (χ4n) is 2.95. The molecule has 1 aromatic carbocycles. The van der Waals surface area contributed by atoms with Crippen LogP contribution in [0.2, 0.25) is 0 Å². The first kappa shape index (κ1) is 18.8. The Morgan fingerprint density at radius 3 is 2.41 bits per heavy atom. The van der Waals surface area contributed by atoms with Crippen molar-refractivity contribution in [1.29, 1.82) is 0 Å². The number of allylic oxidation sites excluding steroid dienone is 2. The largest absolute Gasteiger partial charge is 0.508 e. The van der Waals surface area contributed by atoms with E-state index in [9.17, 15) is 5.11 Å². The van der Waals surface area contributed by atoms with E-state index in [1.807, 2.05) is 18.2 Å². The third-order valence-corrected chi connectivity index (χ3v) is 4.43. The molecule has 0 saturated carbocycles. The lowest BCUT2D eigenvalue weighted by molar-refractivity contribution is 0.462. The van der Waals surface area contributed by atoms with E-state index in [-0.39, 0.29) is 0 Å². The van der Waals surface area contributed by atoms with Gasteiger partial charge in [0.15, 0.2) is 0 Å². The van der Waals surface area contributed by atoms with Gasteiger partial charge in [-0.3, -0.25) is 0 Å². The van der Waals surface area contributed by atoms with Crippen LogP contribution in [0.1, 0.15) is 77.7 Å². The summed E-state index contributed by atoms with van der Waals surface area (Å²) >= 11 is 0. The van der Waals surface area contributed by atoms with E-state index in [2.05, 4.69) is 26.8 Å². The van der Waals surface area contributed by atoms with Gasteiger partial charge in [-0.15, -0.1) is 0 Å². The normalized spacial score (nSPS) is 13.3. The van der Waals surface area contributed by atoms with E-state index < -0.39 is 0 Å². The maximum absolute atomic E-state index is 9.98. The van der Waals surface area contributed by atoms with Gasteiger partial charge in [-0.05, 0) is 49.7 Å². The number of hydrogen-bond donors (Lipinski definition) is 1. The van der Waals surface area contributed by atoms with Gasteiger partial charge in [0, 0.05) is 0 Å². The molecule has 0 fully saturated rings. The number of unbranched alkanes of at least 4 members (excludes halogenated alkanes) is 5. The standard InChI is InChI=1S/C21H34O/c1-4-6-8-10-14-19(13-9-7-5-2)18(3)17-20-15-11-12-16-21(20)22/h11-12,14-16,18,22H,4-10,13,17H2,1-3H3/b19-14+. The zero-order chi connectivity index (χ0) is 16.2. The second-order valence-electron chi connectivity index (χ2n) is 6.47. The maximum Gasteiger partial charge on any atom is 0.118 e. The van der Waals surface area contributed by atoms with Crippen molar-refractivity contribution in [3.8, 4) is 5.75 Å². The fourth-order valence-corrected chi connectivity index (χ4v) is 2.95. The molecule has 1 nitrogen and oxygen atoms in total. The minimum atomic E-state index is 0.438. The van der Waals surface area contributed by atoms with Crippen molar-refractivity contribution in [2.45, 2.75) is 78.6 Å². The van der Waals surface area contributed by atoms with Gasteiger partial charge >= 0.3 is 0 Å². The first-order chi connectivity index (χ1) is 10.7. The van der Waals surface area contributed by atoms with Crippen LogP contribution in [-0.2, 0) is 6.42 Å². The number of benzene rings is 1. The quantitative estimate of drug-likeness (QED) is 0.358. The highest BCUT2D eigenvalue weighted by molar-refractivity contribution is 5.33. The Labute approximate surface area is 137 Å². The van der Waals surface area contributed by atoms with Crippen LogP contribution in [0.5, 0.6) is 5.75 Å². The SMILES string of the molecule is CCCCC/C=C(\CCCCC)C(C)Cc1ccccc1O. The van der Waals surface area contributed by atoms with Crippen LogP contribution in [0.25, 0.3) is 0 Å². The zero-order valence-corrected chi connectivity index (χ0v) is 14.8. The molecule has 0 heterocycles. The fraction of sp³-hybridized carbons (Fsp3) is 0.619. The highest BCUT2D eigenvalue weighted by Gasteiger charge is 2.11. The summed E-state index contributed by atoms with van der Waals surface area (Å²) in [5.74, 6) is 0.958. The lowest BCUT2D eigenvalue weighted by Gasteiger charge is -2.17. The van der Waals surface area contributed by atoms with Crippen molar-refractivity contribution in [3.63, 3.8) is 0 Å². The van der Waals surface area contributed by atoms with Crippen LogP contribution < -0.4 is 0 Å². The summed E-state index contributed by atoms with van der Waals surface area (Å²) in [5.41, 5.74) is 2.66. The molecular weight excluding hydrogens is 268 g/mol. The highest BCUT2D eigenvalue weighted by Crippen LogP contribution is 2.26. The van der Waals surface area contributed by atoms with Gasteiger partial charge in [0.1, 0.15) is 5.75 Å². The maximum atomic E-state index is 9.98. The predicted octanol–water partition coefficient (Wildman–Crippen LogP) is 6.66. The number of phenolic OH excluding ortho intramolecular Hbond substituents is 1. The van der Waals surface area contributed by atoms with Crippen molar-refractivity contribution in [2.24, 2.45) is 5.92 Å². The van der Waals surface area contributed by atoms with Gasteiger partial charge in [-0.1, -0.05) is 76.3 Å². The monoisotopic (exact) mass is 302 g/mol. The van der Waals surface area contributed by atoms with Crippen molar-refractivity contribution >= 4 is 0 Å². The van der Waals surface area contributed by atoms with Crippen LogP contribution in [0.4, 0.5) is 0 Å². The molecule has 0 saturated heterocycles. The molecule has 1 unspecified atom stereocenters. The van der Waals surface area contributed by atoms with Gasteiger partial charge in [0.05, 0.1) is 0 Å². The van der Waals surface area contributed by atoms with Gasteiger partial charge in [-0.25, -0.2) is 0 Å². The van der Waals surface area contributed by atoms with E-state index in [0.29, 0.717) is 11.7 Å². The number of rotatable bonds is 11. The van der Waals surface area contributed by atoms with E-state index in [4.69, 9.17) is 0 Å². The molecule has 0 amide bonds. The average Bonchev–Trinajstić information content (AvgIpc) is 2.52. The summed E-state index contributed by atoms with van der Waals surface area (Å²) in [4.78, 5) is 0. The molecule has 0 aliphatic carbocycles. The van der Waals surface area contributed by atoms with Crippen LogP contribution in [0.15, 0.2) is 35.9 Å². The molecule has 124 valence electrons. The number of para-hydroxylation sites is 1. The van der Waals surface area contributed by atoms with Crippen LogP contribution in [0.3, 0.4) is 0 Å². The first-order valence-corrected chi connectivity index (χ1v) is 9.14. The lowest BCUT2D eigenvalue weighted by Crippen LogP contribution is -2.05. The van der Waals surface area contributed by atoms with Crippen LogP contribution >= 0.6 is 0 Å². The Morgan fingerprint density at radius 2 is 1.73 bits per heavy atom. The van der Waals surface area contributed by atoms with E-state index in [1.54, 1.807) is 11.6 Å². The van der Waals surface area contributed by atoms with E-state index >= 15 is 0 Å². The van der Waals surface area contributed by atoms with Gasteiger partial charge in [0.2, 0.25) is 0 Å². The second kappa shape index (κ2) is 11.3. The second-order valence-corrected chi connectivity index (χ2v) is 6.47. The molecule has 0 aliphatic heterocycles. The minimum Gasteiger partial charge on any atom is -0.508 e. The molecule has 0 aliphatic rings. The van der Waals surface area contributed by atoms with Gasteiger partial charge in [0.25, 0.3) is 0 Å². The summed E-state index contributed by atoms with van der Waals surface area (Å²) in [7, 11) is 0. The molecule has 1 N–H and O–H groups in total. The minimum absolute atomic E-state index is 0.438. The number of phenols is 1. The predicted molar refractivity (Wildman–Crippen MR) is 97.3 cm³/mol. The van der Waals surface area contributed by atoms with E-state index in [1.165, 1.54) is 51.4 Å². The number of aromatic hydroxyl groups is 1. The molecule has 1 aromatic rings. The van der Waals surface area contributed by atoms with Gasteiger partial charge < -0.3 is 5.11 Å². The molecule has 0 spiro atoms. The molecule has 0 aromatic heterocycles. The highest BCUT2D eigenvalue weighted by atomic mass is 16.3. The Morgan fingerprint density at radius 1 is 1.05 bits per heavy atom. The molecule has 22 heavy (non-hydrogen) atoms. The van der Waals surface area contributed by atoms with Crippen molar-refractivity contribution < 1.29 is 5.11 Å². The van der Waals surface area contributed by atoms with Gasteiger partial charge in [-0.2, -0.15) is 0 Å². The molecule has 1 heteroatoms. The summed E-state index contributed by atoms with van der Waals surface area (Å²) in [6.45, 7) is 6.83. The van der Waals surface area contributed by atoms with Crippen molar-refractivity contribution in [3.05, 3.63) is 41.5 Å². The summed E-state index contributed by atoms with van der Waals surface area (Å²) in [5, 5.41) is 9.98. The Kier molecular flexibility index (Phi) is 9.70. The third kappa shape index (κ3) is 7.15. The summed E-state index contributed by atoms with van der Waals surface area (Å²) in [6, 6.07) is 7.76. The summed E-state index contributed by atoms with van der Waals surface area (Å²) < 4.78 is 0.